The number of carbonyl (C=O) groups is 3. The molecule has 0 fully saturated rings. The molecule has 0 aliphatic heterocycles. The second-order valence-corrected chi connectivity index (χ2v) is 7.13. The normalized spacial score (nSPS) is 11.6. The molecule has 1 radical (unpaired) electrons. The number of nitrogens with one attached hydrogen (secondary N) is 2. The minimum Gasteiger partial charge on any atom is -0.0619 e. The van der Waals surface area contributed by atoms with E-state index in [9.17, 15) is 14.4 Å². The van der Waals surface area contributed by atoms with E-state index in [0.717, 1.165) is 27.3 Å². The van der Waals surface area contributed by atoms with Crippen LogP contribution in [0.2, 0.25) is 0 Å². The standard InChI is InChI=1S/C23H24BN4O5/c1-2-11-32-22(30)13-28(21(29)12-26-24)27-15-25-23(31)33-14-20-18-9-5-3-7-16(18)17-8-4-6-10-19(17)20/h2-10,20,27H,1,11-15H2,(H,25,31). The third kappa shape index (κ3) is 6.14. The van der Waals surface area contributed by atoms with E-state index in [-0.39, 0.29) is 32.3 Å². The third-order valence-corrected chi connectivity index (χ3v) is 5.02. The maximum absolute atomic E-state index is 12.2. The van der Waals surface area contributed by atoms with E-state index >= 15 is 0 Å². The first-order valence-corrected chi connectivity index (χ1v) is 10.3. The van der Waals surface area contributed by atoms with Crippen LogP contribution in [0.15, 0.2) is 66.1 Å². The second-order valence-electron chi connectivity index (χ2n) is 7.13. The Balaban J connectivity index is 1.52. The van der Waals surface area contributed by atoms with Gasteiger partial charge in [-0.25, -0.2) is 0 Å². The number of rotatable bonds is 11. The van der Waals surface area contributed by atoms with Gasteiger partial charge in [0.2, 0.25) is 0 Å². The summed E-state index contributed by atoms with van der Waals surface area (Å²) in [7, 11) is 5.05. The van der Waals surface area contributed by atoms with Crippen LogP contribution in [0, 0.1) is 0 Å². The first-order chi connectivity index (χ1) is 16.0. The van der Waals surface area contributed by atoms with Crippen LogP contribution in [0.5, 0.6) is 0 Å². The van der Waals surface area contributed by atoms with Crippen molar-refractivity contribution in [3.63, 3.8) is 0 Å². The fourth-order valence-electron chi connectivity index (χ4n) is 3.58. The SMILES string of the molecule is [B]=NCC(=O)N(CC(=O)OCC=C)NCNC(=O)OCC1c2ccccc2-c2ccccc21. The number of benzene rings is 2. The molecule has 0 unspecified atom stereocenters. The van der Waals surface area contributed by atoms with Crippen molar-refractivity contribution in [3.8, 4) is 11.1 Å². The number of hydrazine groups is 1. The van der Waals surface area contributed by atoms with Crippen LogP contribution in [0.4, 0.5) is 4.79 Å². The van der Waals surface area contributed by atoms with Gasteiger partial charge >= 0.3 is 133 Å². The average molecular weight is 447 g/mol. The Kier molecular flexibility index (Phi) is 8.48. The molecule has 9 nitrogen and oxygen atoms in total. The van der Waals surface area contributed by atoms with Crippen molar-refractivity contribution < 1.29 is 23.9 Å². The zero-order valence-corrected chi connectivity index (χ0v) is 18.0. The summed E-state index contributed by atoms with van der Waals surface area (Å²) >= 11 is 0. The number of alkyl carbamates (subject to hydrolysis) is 1. The molecule has 1 aliphatic carbocycles. The molecule has 0 aromatic heterocycles. The van der Waals surface area contributed by atoms with Crippen molar-refractivity contribution in [1.82, 2.24) is 15.8 Å². The number of fused-ring (bicyclic) bond motifs is 3. The van der Waals surface area contributed by atoms with E-state index < -0.39 is 24.5 Å². The fourth-order valence-corrected chi connectivity index (χ4v) is 3.58. The summed E-state index contributed by atoms with van der Waals surface area (Å²) in [6, 6.07) is 16.0. The molecule has 0 saturated heterocycles. The molecule has 0 heterocycles. The Labute approximate surface area is 192 Å². The van der Waals surface area contributed by atoms with E-state index in [1.54, 1.807) is 0 Å². The Morgan fingerprint density at radius 3 is 2.30 bits per heavy atom. The van der Waals surface area contributed by atoms with Crippen molar-refractivity contribution in [1.29, 1.82) is 0 Å². The maximum atomic E-state index is 12.2. The van der Waals surface area contributed by atoms with E-state index in [4.69, 9.17) is 17.1 Å². The predicted octanol–water partition coefficient (Wildman–Crippen LogP) is 1.90. The molecule has 169 valence electrons. The Morgan fingerprint density at radius 1 is 1.06 bits per heavy atom. The number of esters is 1. The molecule has 2 aromatic rings. The quantitative estimate of drug-likeness (QED) is 0.179. The minimum atomic E-state index is -0.672. The van der Waals surface area contributed by atoms with Gasteiger partial charge in [0, 0.05) is 0 Å². The number of amides is 2. The molecule has 33 heavy (non-hydrogen) atoms. The molecule has 2 N–H and O–H groups in total. The van der Waals surface area contributed by atoms with E-state index in [1.807, 2.05) is 36.4 Å². The van der Waals surface area contributed by atoms with Gasteiger partial charge in [0.1, 0.15) is 0 Å². The third-order valence-electron chi connectivity index (χ3n) is 5.02. The van der Waals surface area contributed by atoms with Gasteiger partial charge in [0.25, 0.3) is 0 Å². The summed E-state index contributed by atoms with van der Waals surface area (Å²) in [5.41, 5.74) is 7.10. The zero-order valence-electron chi connectivity index (χ0n) is 18.0. The number of ether oxygens (including phenoxy) is 2. The fraction of sp³-hybridized carbons (Fsp3) is 0.261. The van der Waals surface area contributed by atoms with E-state index in [0.29, 0.717) is 0 Å². The second kappa shape index (κ2) is 11.7. The molecule has 0 atom stereocenters. The van der Waals surface area contributed by atoms with E-state index in [1.165, 1.54) is 6.08 Å². The summed E-state index contributed by atoms with van der Waals surface area (Å²) in [6.07, 6.45) is 0.736. The van der Waals surface area contributed by atoms with Gasteiger partial charge < -0.3 is 0 Å². The molecule has 2 amide bonds. The van der Waals surface area contributed by atoms with Gasteiger partial charge in [-0.3, -0.25) is 0 Å². The van der Waals surface area contributed by atoms with E-state index in [2.05, 4.69) is 34.3 Å². The first-order valence-electron chi connectivity index (χ1n) is 10.3. The Hall–Kier alpha value is -3.79. The minimum absolute atomic E-state index is 0.0140. The van der Waals surface area contributed by atoms with Crippen molar-refractivity contribution in [2.24, 2.45) is 4.90 Å². The molecule has 0 bridgehead atoms. The summed E-state index contributed by atoms with van der Waals surface area (Å²) in [4.78, 5) is 39.4. The van der Waals surface area contributed by atoms with Crippen LogP contribution in [0.25, 0.3) is 11.1 Å². The van der Waals surface area contributed by atoms with Gasteiger partial charge in [-0.05, 0) is 11.1 Å². The molecule has 10 heteroatoms. The van der Waals surface area contributed by atoms with Gasteiger partial charge in [0.15, 0.2) is 0 Å². The molecular formula is C23H24BN4O5. The van der Waals surface area contributed by atoms with Gasteiger partial charge in [-0.1, -0.05) is 48.5 Å². The smallest absolute Gasteiger partial charge is 0.0619 e. The summed E-state index contributed by atoms with van der Waals surface area (Å²) in [6.45, 7) is 2.72. The molecule has 0 saturated carbocycles. The number of hydrogen-bond donors (Lipinski definition) is 2. The van der Waals surface area contributed by atoms with Crippen LogP contribution < -0.4 is 10.7 Å². The molecule has 3 rings (SSSR count). The van der Waals surface area contributed by atoms with Crippen LogP contribution in [0.1, 0.15) is 17.0 Å². The van der Waals surface area contributed by atoms with Gasteiger partial charge in [0.05, 0.1) is 0 Å². The summed E-state index contributed by atoms with van der Waals surface area (Å²) in [5.74, 6) is -1.30. The first kappa shape index (κ1) is 23.9. The number of carbonyl (C=O) groups excluding carboxylic acids is 3. The zero-order chi connectivity index (χ0) is 23.6. The van der Waals surface area contributed by atoms with Crippen molar-refractivity contribution in [2.75, 3.05) is 33.0 Å². The summed E-state index contributed by atoms with van der Waals surface area (Å²) in [5, 5.41) is 3.47. The molecule has 1 aliphatic rings. The topological polar surface area (TPSA) is 109 Å². The van der Waals surface area contributed by atoms with Crippen LogP contribution in [-0.4, -0.2) is 63.6 Å². The summed E-state index contributed by atoms with van der Waals surface area (Å²) < 4.78 is 10.3. The van der Waals surface area contributed by atoms with Crippen LogP contribution in [0.3, 0.4) is 0 Å². The predicted molar refractivity (Wildman–Crippen MR) is 122 cm³/mol. The Morgan fingerprint density at radius 2 is 1.70 bits per heavy atom. The molecule has 2 aromatic carbocycles. The number of nitrogens with zero attached hydrogens (tertiary/aromatic N) is 2. The van der Waals surface area contributed by atoms with Crippen molar-refractivity contribution in [3.05, 3.63) is 72.3 Å². The van der Waals surface area contributed by atoms with Gasteiger partial charge in [-0.2, -0.15) is 0 Å². The molecular weight excluding hydrogens is 423 g/mol. The number of hydrogen-bond acceptors (Lipinski definition) is 7. The monoisotopic (exact) mass is 447 g/mol. The molecule has 0 spiro atoms. The van der Waals surface area contributed by atoms with Crippen molar-refractivity contribution >= 4 is 25.6 Å². The average Bonchev–Trinajstić information content (AvgIpc) is 3.14. The Bertz CT molecular complexity index is 1000. The van der Waals surface area contributed by atoms with Crippen LogP contribution in [-0.2, 0) is 19.1 Å². The van der Waals surface area contributed by atoms with Crippen molar-refractivity contribution in [2.45, 2.75) is 5.92 Å². The van der Waals surface area contributed by atoms with Crippen LogP contribution >= 0.6 is 0 Å². The van der Waals surface area contributed by atoms with Gasteiger partial charge in [-0.15, -0.1) is 0 Å².